The van der Waals surface area contributed by atoms with E-state index in [-0.39, 0.29) is 5.91 Å². The molecule has 122 valence electrons. The molecule has 0 N–H and O–H groups in total. The third-order valence-corrected chi connectivity index (χ3v) is 4.88. The highest BCUT2D eigenvalue weighted by Gasteiger charge is 2.25. The van der Waals surface area contributed by atoms with Crippen molar-refractivity contribution in [2.24, 2.45) is 0 Å². The summed E-state index contributed by atoms with van der Waals surface area (Å²) in [7, 11) is 0. The number of benzene rings is 1. The van der Waals surface area contributed by atoms with Gasteiger partial charge in [0.1, 0.15) is 0 Å². The highest BCUT2D eigenvalue weighted by molar-refractivity contribution is 7.13. The highest BCUT2D eigenvalue weighted by Crippen LogP contribution is 2.22. The standard InChI is InChI=1S/C17H16N4O2S/c22-16(14-12-15(23-19-14)13-4-2-1-3-5-13)20-7-9-21(10-8-20)17-18-6-11-24-17/h1-6,11-12H,7-10H2. The number of aromatic nitrogens is 2. The van der Waals surface area contributed by atoms with Crippen molar-refractivity contribution in [3.05, 3.63) is 53.7 Å². The van der Waals surface area contributed by atoms with Crippen molar-refractivity contribution in [2.45, 2.75) is 0 Å². The number of anilines is 1. The predicted octanol–water partition coefficient (Wildman–Crippen LogP) is 2.76. The van der Waals surface area contributed by atoms with Crippen LogP contribution in [-0.2, 0) is 0 Å². The molecule has 0 radical (unpaired) electrons. The van der Waals surface area contributed by atoms with Crippen LogP contribution in [0.25, 0.3) is 11.3 Å². The van der Waals surface area contributed by atoms with Gasteiger partial charge in [-0.3, -0.25) is 4.79 Å². The summed E-state index contributed by atoms with van der Waals surface area (Å²) in [5.41, 5.74) is 1.27. The minimum atomic E-state index is -0.0836. The van der Waals surface area contributed by atoms with Gasteiger partial charge in [0.2, 0.25) is 0 Å². The zero-order valence-corrected chi connectivity index (χ0v) is 13.8. The molecule has 1 aliphatic rings. The number of hydrogen-bond acceptors (Lipinski definition) is 6. The minimum Gasteiger partial charge on any atom is -0.355 e. The first-order chi connectivity index (χ1) is 11.8. The van der Waals surface area contributed by atoms with Crippen LogP contribution in [-0.4, -0.2) is 47.1 Å². The maximum atomic E-state index is 12.6. The highest BCUT2D eigenvalue weighted by atomic mass is 32.1. The molecule has 6 nitrogen and oxygen atoms in total. The fourth-order valence-electron chi connectivity index (χ4n) is 2.75. The van der Waals surface area contributed by atoms with Gasteiger partial charge in [0.15, 0.2) is 16.6 Å². The van der Waals surface area contributed by atoms with Crippen molar-refractivity contribution in [3.8, 4) is 11.3 Å². The molecule has 3 heterocycles. The molecular weight excluding hydrogens is 324 g/mol. The number of thiazole rings is 1. The summed E-state index contributed by atoms with van der Waals surface area (Å²) >= 11 is 1.62. The molecule has 0 atom stereocenters. The Hall–Kier alpha value is -2.67. The van der Waals surface area contributed by atoms with Gasteiger partial charge in [-0.05, 0) is 0 Å². The number of hydrogen-bond donors (Lipinski definition) is 0. The number of carbonyl (C=O) groups is 1. The van der Waals surface area contributed by atoms with Crippen molar-refractivity contribution < 1.29 is 9.32 Å². The van der Waals surface area contributed by atoms with Gasteiger partial charge in [0.25, 0.3) is 5.91 Å². The normalized spacial score (nSPS) is 14.8. The number of amides is 1. The van der Waals surface area contributed by atoms with Gasteiger partial charge in [0.05, 0.1) is 0 Å². The van der Waals surface area contributed by atoms with E-state index in [1.54, 1.807) is 23.6 Å². The smallest absolute Gasteiger partial charge is 0.276 e. The van der Waals surface area contributed by atoms with Crippen molar-refractivity contribution in [3.63, 3.8) is 0 Å². The molecule has 1 aromatic carbocycles. The number of rotatable bonds is 3. The molecule has 3 aromatic rings. The maximum Gasteiger partial charge on any atom is 0.276 e. The second-order valence-electron chi connectivity index (χ2n) is 5.54. The van der Waals surface area contributed by atoms with Gasteiger partial charge in [-0.2, -0.15) is 0 Å². The summed E-state index contributed by atoms with van der Waals surface area (Å²) in [6.45, 7) is 2.88. The van der Waals surface area contributed by atoms with Gasteiger partial charge in [0, 0.05) is 49.4 Å². The first kappa shape index (κ1) is 14.9. The minimum absolute atomic E-state index is 0.0836. The Bertz CT molecular complexity index is 808. The molecule has 4 rings (SSSR count). The first-order valence-electron chi connectivity index (χ1n) is 7.77. The molecule has 0 unspecified atom stereocenters. The van der Waals surface area contributed by atoms with Gasteiger partial charge < -0.3 is 14.3 Å². The number of piperazine rings is 1. The van der Waals surface area contributed by atoms with Crippen LogP contribution >= 0.6 is 11.3 Å². The van der Waals surface area contributed by atoms with E-state index >= 15 is 0 Å². The Morgan fingerprint density at radius 3 is 2.62 bits per heavy atom. The van der Waals surface area contributed by atoms with Crippen LogP contribution in [0.1, 0.15) is 10.5 Å². The molecule has 2 aromatic heterocycles. The van der Waals surface area contributed by atoms with Crippen molar-refractivity contribution in [2.75, 3.05) is 31.1 Å². The molecular formula is C17H16N4O2S. The Kier molecular flexibility index (Phi) is 4.00. The van der Waals surface area contributed by atoms with E-state index < -0.39 is 0 Å². The second kappa shape index (κ2) is 6.45. The molecule has 7 heteroatoms. The summed E-state index contributed by atoms with van der Waals surface area (Å²) in [6, 6.07) is 11.4. The number of carbonyl (C=O) groups excluding carboxylic acids is 1. The van der Waals surface area contributed by atoms with E-state index in [0.717, 1.165) is 23.8 Å². The topological polar surface area (TPSA) is 62.5 Å². The fraction of sp³-hybridized carbons (Fsp3) is 0.235. The van der Waals surface area contributed by atoms with Crippen LogP contribution in [0.2, 0.25) is 0 Å². The van der Waals surface area contributed by atoms with E-state index in [4.69, 9.17) is 4.52 Å². The zero-order chi connectivity index (χ0) is 16.4. The summed E-state index contributed by atoms with van der Waals surface area (Å²) in [5, 5.41) is 6.92. The summed E-state index contributed by atoms with van der Waals surface area (Å²) in [4.78, 5) is 20.9. The van der Waals surface area contributed by atoms with E-state index in [2.05, 4.69) is 15.0 Å². The van der Waals surface area contributed by atoms with Crippen LogP contribution in [0, 0.1) is 0 Å². The third kappa shape index (κ3) is 2.90. The molecule has 1 fully saturated rings. The SMILES string of the molecule is O=C(c1cc(-c2ccccc2)on1)N1CCN(c2nccs2)CC1. The Morgan fingerprint density at radius 2 is 1.92 bits per heavy atom. The zero-order valence-electron chi connectivity index (χ0n) is 13.0. The Balaban J connectivity index is 1.43. The predicted molar refractivity (Wildman–Crippen MR) is 92.2 cm³/mol. The van der Waals surface area contributed by atoms with Crippen LogP contribution in [0.3, 0.4) is 0 Å². The van der Waals surface area contributed by atoms with Gasteiger partial charge in [-0.15, -0.1) is 11.3 Å². The molecule has 1 aliphatic heterocycles. The molecule has 0 saturated carbocycles. The van der Waals surface area contributed by atoms with Crippen molar-refractivity contribution >= 4 is 22.4 Å². The quantitative estimate of drug-likeness (QED) is 0.734. The summed E-state index contributed by atoms with van der Waals surface area (Å²) in [5.74, 6) is 0.528. The lowest BCUT2D eigenvalue weighted by Crippen LogP contribution is -2.48. The molecule has 24 heavy (non-hydrogen) atoms. The lowest BCUT2D eigenvalue weighted by Gasteiger charge is -2.34. The summed E-state index contributed by atoms with van der Waals surface area (Å²) < 4.78 is 5.33. The molecule has 0 bridgehead atoms. The van der Waals surface area contributed by atoms with E-state index in [9.17, 15) is 4.79 Å². The fourth-order valence-corrected chi connectivity index (χ4v) is 3.45. The lowest BCUT2D eigenvalue weighted by atomic mass is 10.1. The molecule has 1 amide bonds. The Morgan fingerprint density at radius 1 is 1.12 bits per heavy atom. The van der Waals surface area contributed by atoms with E-state index in [0.29, 0.717) is 24.5 Å². The third-order valence-electron chi connectivity index (χ3n) is 4.04. The maximum absolute atomic E-state index is 12.6. The lowest BCUT2D eigenvalue weighted by molar-refractivity contribution is 0.0736. The van der Waals surface area contributed by atoms with Gasteiger partial charge >= 0.3 is 0 Å². The largest absolute Gasteiger partial charge is 0.355 e. The number of nitrogens with zero attached hydrogens (tertiary/aromatic N) is 4. The second-order valence-corrected chi connectivity index (χ2v) is 6.41. The van der Waals surface area contributed by atoms with Crippen LogP contribution in [0.15, 0.2) is 52.5 Å². The monoisotopic (exact) mass is 340 g/mol. The van der Waals surface area contributed by atoms with Crippen LogP contribution in [0.4, 0.5) is 5.13 Å². The van der Waals surface area contributed by atoms with Gasteiger partial charge in [-0.1, -0.05) is 35.5 Å². The average Bonchev–Trinajstić information content (AvgIpc) is 3.34. The molecule has 0 aliphatic carbocycles. The van der Waals surface area contributed by atoms with Crippen LogP contribution in [0.5, 0.6) is 0 Å². The van der Waals surface area contributed by atoms with Crippen molar-refractivity contribution in [1.82, 2.24) is 15.0 Å². The average molecular weight is 340 g/mol. The van der Waals surface area contributed by atoms with E-state index in [1.807, 2.05) is 40.6 Å². The Labute approximate surface area is 143 Å². The first-order valence-corrected chi connectivity index (χ1v) is 8.65. The molecule has 1 saturated heterocycles. The summed E-state index contributed by atoms with van der Waals surface area (Å²) in [6.07, 6.45) is 1.80. The molecule has 0 spiro atoms. The van der Waals surface area contributed by atoms with Crippen LogP contribution < -0.4 is 4.90 Å². The van der Waals surface area contributed by atoms with Crippen molar-refractivity contribution in [1.29, 1.82) is 0 Å². The van der Waals surface area contributed by atoms with E-state index in [1.165, 1.54) is 0 Å². The van der Waals surface area contributed by atoms with Gasteiger partial charge in [-0.25, -0.2) is 4.98 Å².